The summed E-state index contributed by atoms with van der Waals surface area (Å²) in [6, 6.07) is 3.32. The van der Waals surface area contributed by atoms with Gasteiger partial charge in [0.05, 0.1) is 11.3 Å². The van der Waals surface area contributed by atoms with Crippen LogP contribution in [0.5, 0.6) is 0 Å². The highest BCUT2D eigenvalue weighted by molar-refractivity contribution is 6.38. The fourth-order valence-electron chi connectivity index (χ4n) is 1.81. The molecule has 0 bridgehead atoms. The van der Waals surface area contributed by atoms with Crippen LogP contribution in [0, 0.1) is 0 Å². The minimum Gasteiger partial charge on any atom is -0.433 e. The molecule has 1 aromatic carbocycles. The number of nitrogens with zero attached hydrogens (tertiary/aromatic N) is 3. The van der Waals surface area contributed by atoms with E-state index in [2.05, 4.69) is 9.97 Å². The van der Waals surface area contributed by atoms with Gasteiger partial charge in [0, 0.05) is 24.3 Å². The number of aromatic nitrogens is 3. The molecule has 19 heavy (non-hydrogen) atoms. The van der Waals surface area contributed by atoms with Crippen LogP contribution in [0.3, 0.4) is 0 Å². The SMILES string of the molecule is NCCn1cnc(-c2nc3cc(Cl)cc(Cl)c3o2)c1. The summed E-state index contributed by atoms with van der Waals surface area (Å²) in [5.74, 6) is 0.412. The molecule has 2 heterocycles. The van der Waals surface area contributed by atoms with Gasteiger partial charge in [0.25, 0.3) is 0 Å². The van der Waals surface area contributed by atoms with Gasteiger partial charge in [-0.05, 0) is 12.1 Å². The number of imidazole rings is 1. The summed E-state index contributed by atoms with van der Waals surface area (Å²) < 4.78 is 7.50. The van der Waals surface area contributed by atoms with Gasteiger partial charge >= 0.3 is 0 Å². The normalized spacial score (nSPS) is 11.3. The summed E-state index contributed by atoms with van der Waals surface area (Å²) in [6.45, 7) is 1.24. The second-order valence-electron chi connectivity index (χ2n) is 4.04. The average Bonchev–Trinajstić information content (AvgIpc) is 2.95. The third-order valence-electron chi connectivity index (χ3n) is 2.65. The van der Waals surface area contributed by atoms with E-state index in [-0.39, 0.29) is 0 Å². The molecule has 0 saturated heterocycles. The van der Waals surface area contributed by atoms with Gasteiger partial charge in [0.2, 0.25) is 5.89 Å². The van der Waals surface area contributed by atoms with Crippen LogP contribution in [0.15, 0.2) is 29.1 Å². The van der Waals surface area contributed by atoms with E-state index in [4.69, 9.17) is 33.4 Å². The standard InChI is InChI=1S/C12H10Cl2N4O/c13-7-3-8(14)11-9(4-7)17-12(19-11)10-5-18(2-1-15)6-16-10/h3-6H,1-2,15H2. The van der Waals surface area contributed by atoms with Crippen LogP contribution < -0.4 is 5.73 Å². The summed E-state index contributed by atoms with van der Waals surface area (Å²) >= 11 is 12.0. The molecule has 0 atom stereocenters. The predicted molar refractivity (Wildman–Crippen MR) is 74.3 cm³/mol. The molecular weight excluding hydrogens is 287 g/mol. The quantitative estimate of drug-likeness (QED) is 0.807. The molecule has 98 valence electrons. The van der Waals surface area contributed by atoms with Crippen LogP contribution in [0.25, 0.3) is 22.7 Å². The molecule has 0 saturated carbocycles. The second kappa shape index (κ2) is 4.85. The minimum absolute atomic E-state index is 0.412. The van der Waals surface area contributed by atoms with Crippen LogP contribution in [-0.2, 0) is 6.54 Å². The van der Waals surface area contributed by atoms with Crippen molar-refractivity contribution in [1.82, 2.24) is 14.5 Å². The van der Waals surface area contributed by atoms with Crippen LogP contribution in [-0.4, -0.2) is 21.1 Å². The van der Waals surface area contributed by atoms with Gasteiger partial charge in [-0.2, -0.15) is 0 Å². The van der Waals surface area contributed by atoms with Crippen molar-refractivity contribution in [2.24, 2.45) is 5.73 Å². The zero-order valence-corrected chi connectivity index (χ0v) is 11.3. The van der Waals surface area contributed by atoms with Crippen molar-refractivity contribution >= 4 is 34.3 Å². The highest BCUT2D eigenvalue weighted by Crippen LogP contribution is 2.31. The number of hydrogen-bond acceptors (Lipinski definition) is 4. The Morgan fingerprint density at radius 1 is 1.32 bits per heavy atom. The molecule has 0 fully saturated rings. The third-order valence-corrected chi connectivity index (χ3v) is 3.15. The zero-order valence-electron chi connectivity index (χ0n) is 9.81. The fourth-order valence-corrected chi connectivity index (χ4v) is 2.33. The molecule has 0 spiro atoms. The van der Waals surface area contributed by atoms with Gasteiger partial charge in [-0.1, -0.05) is 23.2 Å². The number of nitrogens with two attached hydrogens (primary N) is 1. The van der Waals surface area contributed by atoms with Crippen LogP contribution in [0.1, 0.15) is 0 Å². The molecule has 0 aliphatic rings. The number of fused-ring (bicyclic) bond motifs is 1. The fraction of sp³-hybridized carbons (Fsp3) is 0.167. The smallest absolute Gasteiger partial charge is 0.247 e. The zero-order chi connectivity index (χ0) is 13.4. The Morgan fingerprint density at radius 3 is 2.95 bits per heavy atom. The van der Waals surface area contributed by atoms with E-state index in [0.717, 1.165) is 0 Å². The van der Waals surface area contributed by atoms with Gasteiger partial charge in [0.15, 0.2) is 5.58 Å². The molecule has 3 rings (SSSR count). The van der Waals surface area contributed by atoms with E-state index in [9.17, 15) is 0 Å². The number of halogens is 2. The van der Waals surface area contributed by atoms with E-state index in [1.54, 1.807) is 18.5 Å². The lowest BCUT2D eigenvalue weighted by atomic mass is 10.3. The molecule has 2 aromatic heterocycles. The summed E-state index contributed by atoms with van der Waals surface area (Å²) in [6.07, 6.45) is 3.51. The highest BCUT2D eigenvalue weighted by Gasteiger charge is 2.13. The predicted octanol–water partition coefficient (Wildman–Crippen LogP) is 2.96. The first kappa shape index (κ1) is 12.5. The lowest BCUT2D eigenvalue weighted by molar-refractivity contribution is 0.617. The Balaban J connectivity index is 2.07. The van der Waals surface area contributed by atoms with E-state index in [1.807, 2.05) is 10.8 Å². The van der Waals surface area contributed by atoms with Crippen molar-refractivity contribution in [2.75, 3.05) is 6.54 Å². The molecular formula is C12H10Cl2N4O. The van der Waals surface area contributed by atoms with E-state index in [1.165, 1.54) is 0 Å². The monoisotopic (exact) mass is 296 g/mol. The summed E-state index contributed by atoms with van der Waals surface area (Å²) in [5.41, 5.74) is 7.24. The van der Waals surface area contributed by atoms with E-state index in [0.29, 0.717) is 45.8 Å². The maximum absolute atomic E-state index is 6.06. The van der Waals surface area contributed by atoms with Gasteiger partial charge in [-0.15, -0.1) is 0 Å². The molecule has 7 heteroatoms. The average molecular weight is 297 g/mol. The molecule has 2 N–H and O–H groups in total. The first-order valence-electron chi connectivity index (χ1n) is 5.65. The second-order valence-corrected chi connectivity index (χ2v) is 4.88. The maximum Gasteiger partial charge on any atom is 0.247 e. The van der Waals surface area contributed by atoms with Crippen LogP contribution in [0.2, 0.25) is 10.0 Å². The molecule has 0 unspecified atom stereocenters. The Bertz CT molecular complexity index is 734. The van der Waals surface area contributed by atoms with Gasteiger partial charge < -0.3 is 14.7 Å². The topological polar surface area (TPSA) is 69.9 Å². The highest BCUT2D eigenvalue weighted by atomic mass is 35.5. The van der Waals surface area contributed by atoms with Crippen LogP contribution >= 0.6 is 23.2 Å². The molecule has 0 aliphatic carbocycles. The maximum atomic E-state index is 6.06. The summed E-state index contributed by atoms with van der Waals surface area (Å²) in [7, 11) is 0. The van der Waals surface area contributed by atoms with Gasteiger partial charge in [-0.25, -0.2) is 9.97 Å². The number of rotatable bonds is 3. The largest absolute Gasteiger partial charge is 0.433 e. The molecule has 0 aliphatic heterocycles. The van der Waals surface area contributed by atoms with Gasteiger partial charge in [0.1, 0.15) is 11.2 Å². The van der Waals surface area contributed by atoms with Crippen molar-refractivity contribution in [2.45, 2.75) is 6.54 Å². The summed E-state index contributed by atoms with van der Waals surface area (Å²) in [4.78, 5) is 8.56. The molecule has 3 aromatic rings. The molecule has 5 nitrogen and oxygen atoms in total. The van der Waals surface area contributed by atoms with Crippen molar-refractivity contribution in [3.05, 3.63) is 34.7 Å². The van der Waals surface area contributed by atoms with Gasteiger partial charge in [-0.3, -0.25) is 0 Å². The Morgan fingerprint density at radius 2 is 2.16 bits per heavy atom. The van der Waals surface area contributed by atoms with Crippen LogP contribution in [0.4, 0.5) is 0 Å². The Kier molecular flexibility index (Phi) is 3.18. The summed E-state index contributed by atoms with van der Waals surface area (Å²) in [5, 5.41) is 0.952. The first-order chi connectivity index (χ1) is 9.17. The molecule has 0 amide bonds. The Labute approximate surface area is 118 Å². The van der Waals surface area contributed by atoms with Crippen molar-refractivity contribution < 1.29 is 4.42 Å². The van der Waals surface area contributed by atoms with E-state index >= 15 is 0 Å². The lowest BCUT2D eigenvalue weighted by Crippen LogP contribution is -2.07. The Hall–Kier alpha value is -1.56. The first-order valence-corrected chi connectivity index (χ1v) is 6.41. The van der Waals surface area contributed by atoms with Crippen molar-refractivity contribution in [1.29, 1.82) is 0 Å². The van der Waals surface area contributed by atoms with Crippen molar-refractivity contribution in [3.63, 3.8) is 0 Å². The van der Waals surface area contributed by atoms with Crippen molar-refractivity contribution in [3.8, 4) is 11.6 Å². The number of hydrogen-bond donors (Lipinski definition) is 1. The lowest BCUT2D eigenvalue weighted by Gasteiger charge is -1.94. The number of oxazole rings is 1. The number of benzene rings is 1. The molecule has 0 radical (unpaired) electrons. The van der Waals surface area contributed by atoms with E-state index < -0.39 is 0 Å². The third kappa shape index (κ3) is 2.32. The minimum atomic E-state index is 0.412.